The molecule has 1 N–H and O–H groups in total. The molecule has 1 fully saturated rings. The first-order valence-electron chi connectivity index (χ1n) is 7.59. The highest BCUT2D eigenvalue weighted by molar-refractivity contribution is 5.75. The van der Waals surface area contributed by atoms with E-state index >= 15 is 0 Å². The lowest BCUT2D eigenvalue weighted by molar-refractivity contribution is -0.144. The van der Waals surface area contributed by atoms with E-state index in [0.29, 0.717) is 23.3 Å². The number of carbonyl (C=O) groups is 1. The minimum Gasteiger partial charge on any atom is -0.468 e. The number of rotatable bonds is 5. The minimum atomic E-state index is -0.154. The van der Waals surface area contributed by atoms with Crippen LogP contribution in [-0.2, 0) is 9.53 Å². The number of methoxy groups -OCH3 is 1. The summed E-state index contributed by atoms with van der Waals surface area (Å²) in [7, 11) is 1.48. The summed E-state index contributed by atoms with van der Waals surface area (Å²) >= 11 is 0. The van der Waals surface area contributed by atoms with E-state index in [0.717, 1.165) is 12.8 Å². The summed E-state index contributed by atoms with van der Waals surface area (Å²) in [4.78, 5) is 11.9. The molecule has 3 unspecified atom stereocenters. The van der Waals surface area contributed by atoms with E-state index in [-0.39, 0.29) is 12.0 Å². The second kappa shape index (κ2) is 6.74. The first-order valence-corrected chi connectivity index (χ1v) is 7.59. The summed E-state index contributed by atoms with van der Waals surface area (Å²) in [5.41, 5.74) is 0.441. The van der Waals surface area contributed by atoms with Crippen LogP contribution >= 0.6 is 0 Å². The van der Waals surface area contributed by atoms with Crippen LogP contribution in [0, 0.1) is 17.3 Å². The van der Waals surface area contributed by atoms with Crippen molar-refractivity contribution in [2.24, 2.45) is 17.3 Å². The van der Waals surface area contributed by atoms with E-state index in [2.05, 4.69) is 39.9 Å². The monoisotopic (exact) mass is 269 g/mol. The summed E-state index contributed by atoms with van der Waals surface area (Å²) in [5.74, 6) is 0.987. The van der Waals surface area contributed by atoms with Crippen molar-refractivity contribution in [2.75, 3.05) is 7.11 Å². The largest absolute Gasteiger partial charge is 0.468 e. The molecule has 0 aliphatic heterocycles. The van der Waals surface area contributed by atoms with Crippen molar-refractivity contribution in [1.82, 2.24) is 5.32 Å². The number of nitrogens with one attached hydrogen (secondary N) is 1. The molecular formula is C16H31NO2. The van der Waals surface area contributed by atoms with Crippen LogP contribution in [0.5, 0.6) is 0 Å². The average molecular weight is 269 g/mol. The van der Waals surface area contributed by atoms with Crippen molar-refractivity contribution in [1.29, 1.82) is 0 Å². The van der Waals surface area contributed by atoms with E-state index in [1.165, 1.54) is 20.0 Å². The fraction of sp³-hybridized carbons (Fsp3) is 0.938. The van der Waals surface area contributed by atoms with Gasteiger partial charge in [0.05, 0.1) is 7.11 Å². The van der Waals surface area contributed by atoms with Crippen LogP contribution in [-0.4, -0.2) is 25.2 Å². The van der Waals surface area contributed by atoms with Gasteiger partial charge in [0.15, 0.2) is 0 Å². The van der Waals surface area contributed by atoms with E-state index in [1.807, 2.05) is 0 Å². The van der Waals surface area contributed by atoms with Crippen LogP contribution in [0.15, 0.2) is 0 Å². The second-order valence-corrected chi connectivity index (χ2v) is 7.36. The maximum absolute atomic E-state index is 11.9. The molecule has 1 rings (SSSR count). The van der Waals surface area contributed by atoms with E-state index in [4.69, 9.17) is 4.74 Å². The van der Waals surface area contributed by atoms with Crippen molar-refractivity contribution < 1.29 is 9.53 Å². The number of esters is 1. The highest BCUT2D eigenvalue weighted by Crippen LogP contribution is 2.38. The van der Waals surface area contributed by atoms with Gasteiger partial charge in [0.1, 0.15) is 6.04 Å². The van der Waals surface area contributed by atoms with Gasteiger partial charge >= 0.3 is 5.97 Å². The third kappa shape index (κ3) is 5.13. The first-order chi connectivity index (χ1) is 8.75. The highest BCUT2D eigenvalue weighted by Gasteiger charge is 2.34. The molecule has 0 aromatic heterocycles. The van der Waals surface area contributed by atoms with Crippen molar-refractivity contribution in [2.45, 2.75) is 72.4 Å². The predicted molar refractivity (Wildman–Crippen MR) is 79.0 cm³/mol. The van der Waals surface area contributed by atoms with Gasteiger partial charge in [0.2, 0.25) is 0 Å². The molecule has 0 aromatic carbocycles. The van der Waals surface area contributed by atoms with Crippen molar-refractivity contribution in [3.8, 4) is 0 Å². The minimum absolute atomic E-state index is 0.120. The third-order valence-corrected chi connectivity index (χ3v) is 4.30. The maximum Gasteiger partial charge on any atom is 0.322 e. The van der Waals surface area contributed by atoms with Gasteiger partial charge in [-0.1, -0.05) is 34.6 Å². The highest BCUT2D eigenvalue weighted by atomic mass is 16.5. The second-order valence-electron chi connectivity index (χ2n) is 7.36. The molecule has 0 amide bonds. The predicted octanol–water partition coefficient (Wildman–Crippen LogP) is 3.38. The molecule has 1 saturated carbocycles. The van der Waals surface area contributed by atoms with E-state index < -0.39 is 0 Å². The van der Waals surface area contributed by atoms with Gasteiger partial charge in [0.25, 0.3) is 0 Å². The molecule has 0 spiro atoms. The van der Waals surface area contributed by atoms with Gasteiger partial charge in [-0.15, -0.1) is 0 Å². The zero-order chi connectivity index (χ0) is 14.6. The Morgan fingerprint density at radius 3 is 2.53 bits per heavy atom. The molecule has 0 heterocycles. The lowest BCUT2D eigenvalue weighted by Crippen LogP contribution is -2.50. The summed E-state index contributed by atoms with van der Waals surface area (Å²) in [6, 6.07) is 0.287. The van der Waals surface area contributed by atoms with Crippen LogP contribution in [0.1, 0.15) is 60.3 Å². The van der Waals surface area contributed by atoms with Gasteiger partial charge in [0, 0.05) is 6.04 Å². The van der Waals surface area contributed by atoms with Crippen LogP contribution in [0.4, 0.5) is 0 Å². The summed E-state index contributed by atoms with van der Waals surface area (Å²) in [5, 5.41) is 3.55. The zero-order valence-corrected chi connectivity index (χ0v) is 13.5. The number of ether oxygens (including phenoxy) is 1. The Balaban J connectivity index is 2.61. The third-order valence-electron chi connectivity index (χ3n) is 4.30. The Hall–Kier alpha value is -0.570. The van der Waals surface area contributed by atoms with Crippen LogP contribution < -0.4 is 5.32 Å². The van der Waals surface area contributed by atoms with Crippen molar-refractivity contribution in [3.05, 3.63) is 0 Å². The SMILES string of the molecule is COC(=O)C(CC(C)C)NC1CCC(C)(C)CC1C. The number of carbonyl (C=O) groups excluding carboxylic acids is 1. The molecule has 0 saturated heterocycles. The Labute approximate surface area is 118 Å². The molecule has 3 atom stereocenters. The fourth-order valence-corrected chi connectivity index (χ4v) is 3.30. The molecule has 112 valence electrons. The van der Waals surface area contributed by atoms with Gasteiger partial charge in [-0.05, 0) is 42.9 Å². The quantitative estimate of drug-likeness (QED) is 0.778. The zero-order valence-electron chi connectivity index (χ0n) is 13.5. The molecular weight excluding hydrogens is 238 g/mol. The maximum atomic E-state index is 11.9. The summed E-state index contributed by atoms with van der Waals surface area (Å²) < 4.78 is 4.93. The molecule has 0 aromatic rings. The molecule has 19 heavy (non-hydrogen) atoms. The van der Waals surface area contributed by atoms with E-state index in [9.17, 15) is 4.79 Å². The smallest absolute Gasteiger partial charge is 0.322 e. The normalized spacial score (nSPS) is 28.2. The number of hydrogen-bond acceptors (Lipinski definition) is 3. The molecule has 1 aliphatic rings. The molecule has 3 heteroatoms. The van der Waals surface area contributed by atoms with Crippen LogP contribution in [0.25, 0.3) is 0 Å². The van der Waals surface area contributed by atoms with Crippen molar-refractivity contribution >= 4 is 5.97 Å². The Bertz CT molecular complexity index is 299. The molecule has 0 bridgehead atoms. The first kappa shape index (κ1) is 16.5. The van der Waals surface area contributed by atoms with Gasteiger partial charge < -0.3 is 10.1 Å². The molecule has 1 aliphatic carbocycles. The van der Waals surface area contributed by atoms with Gasteiger partial charge in [-0.25, -0.2) is 0 Å². The standard InChI is InChI=1S/C16H31NO2/c1-11(2)9-14(15(18)19-6)17-13-7-8-16(4,5)10-12(13)3/h11-14,17H,7-10H2,1-6H3. The summed E-state index contributed by atoms with van der Waals surface area (Å²) in [6.07, 6.45) is 4.45. The molecule has 3 nitrogen and oxygen atoms in total. The van der Waals surface area contributed by atoms with Crippen LogP contribution in [0.2, 0.25) is 0 Å². The lowest BCUT2D eigenvalue weighted by Gasteiger charge is -2.41. The number of hydrogen-bond donors (Lipinski definition) is 1. The lowest BCUT2D eigenvalue weighted by atomic mass is 9.70. The fourth-order valence-electron chi connectivity index (χ4n) is 3.30. The Morgan fingerprint density at radius 1 is 1.42 bits per heavy atom. The van der Waals surface area contributed by atoms with Crippen LogP contribution in [0.3, 0.4) is 0 Å². The van der Waals surface area contributed by atoms with E-state index in [1.54, 1.807) is 0 Å². The Kier molecular flexibility index (Phi) is 5.84. The topological polar surface area (TPSA) is 38.3 Å². The van der Waals surface area contributed by atoms with Gasteiger partial charge in [-0.2, -0.15) is 0 Å². The summed E-state index contributed by atoms with van der Waals surface area (Å²) in [6.45, 7) is 11.3. The van der Waals surface area contributed by atoms with Gasteiger partial charge in [-0.3, -0.25) is 4.79 Å². The average Bonchev–Trinajstić information content (AvgIpc) is 2.29. The van der Waals surface area contributed by atoms with Crippen molar-refractivity contribution in [3.63, 3.8) is 0 Å². The molecule has 0 radical (unpaired) electrons. The Morgan fingerprint density at radius 2 is 2.05 bits per heavy atom.